The summed E-state index contributed by atoms with van der Waals surface area (Å²) >= 11 is 0. The van der Waals surface area contributed by atoms with Gasteiger partial charge in [-0.25, -0.2) is 0 Å². The Bertz CT molecular complexity index is 961. The minimum atomic E-state index is -1.09. The largest absolute Gasteiger partial charge is 0.497 e. The number of anilines is 1. The Morgan fingerprint density at radius 1 is 1.07 bits per heavy atom. The van der Waals surface area contributed by atoms with Crippen LogP contribution in [-0.2, 0) is 20.7 Å². The fourth-order valence-electron chi connectivity index (χ4n) is 2.85. The molecule has 0 aliphatic heterocycles. The number of rotatable bonds is 7. The van der Waals surface area contributed by atoms with Crippen molar-refractivity contribution in [2.45, 2.75) is 26.4 Å². The van der Waals surface area contributed by atoms with Crippen molar-refractivity contribution in [2.75, 3.05) is 12.4 Å². The highest BCUT2D eigenvalue weighted by atomic mass is 16.5. The summed E-state index contributed by atoms with van der Waals surface area (Å²) in [5.74, 6) is 0.235. The summed E-state index contributed by atoms with van der Waals surface area (Å²) < 4.78 is 15.8. The lowest BCUT2D eigenvalue weighted by Gasteiger charge is -2.18. The molecule has 2 aromatic carbocycles. The van der Waals surface area contributed by atoms with Crippen LogP contribution in [-0.4, -0.2) is 24.1 Å². The molecule has 1 amide bonds. The Morgan fingerprint density at radius 2 is 1.76 bits per heavy atom. The predicted molar refractivity (Wildman–Crippen MR) is 107 cm³/mol. The third-order valence-corrected chi connectivity index (χ3v) is 4.45. The van der Waals surface area contributed by atoms with Crippen LogP contribution in [0.15, 0.2) is 59.1 Å². The number of nitrogens with one attached hydrogen (secondary N) is 1. The number of carbonyl (C=O) groups is 2. The summed E-state index contributed by atoms with van der Waals surface area (Å²) in [5.41, 5.74) is 2.43. The number of methoxy groups -OCH3 is 1. The van der Waals surface area contributed by atoms with Gasteiger partial charge >= 0.3 is 5.97 Å². The fourth-order valence-corrected chi connectivity index (χ4v) is 2.85. The Kier molecular flexibility index (Phi) is 6.29. The smallest absolute Gasteiger partial charge is 0.311 e. The average Bonchev–Trinajstić information content (AvgIpc) is 3.05. The zero-order valence-corrected chi connectivity index (χ0v) is 16.5. The zero-order chi connectivity index (χ0) is 20.8. The number of esters is 1. The van der Waals surface area contributed by atoms with Crippen LogP contribution in [0.3, 0.4) is 0 Å². The second kappa shape index (κ2) is 9.05. The molecule has 1 aromatic heterocycles. The molecule has 3 rings (SSSR count). The molecule has 0 fully saturated rings. The summed E-state index contributed by atoms with van der Waals surface area (Å²) in [6, 6.07) is 15.8. The average molecular weight is 394 g/mol. The standard InChI is InChI=1S/C22H22N2O5/c1-14-19(15(2)29-24-14)13-20(25)28-21(16-7-5-4-6-8-16)22(26)23-17-9-11-18(27-3)12-10-17/h4-12,21H,13H2,1-3H3,(H,23,26). The van der Waals surface area contributed by atoms with Crippen molar-refractivity contribution in [1.29, 1.82) is 0 Å². The van der Waals surface area contributed by atoms with Gasteiger partial charge in [-0.15, -0.1) is 0 Å². The van der Waals surface area contributed by atoms with E-state index in [1.54, 1.807) is 69.5 Å². The van der Waals surface area contributed by atoms with E-state index in [1.807, 2.05) is 6.07 Å². The van der Waals surface area contributed by atoms with Crippen molar-refractivity contribution in [2.24, 2.45) is 0 Å². The number of amides is 1. The molecule has 0 spiro atoms. The van der Waals surface area contributed by atoms with Gasteiger partial charge in [-0.05, 0) is 38.1 Å². The molecule has 29 heavy (non-hydrogen) atoms. The number of hydrogen-bond donors (Lipinski definition) is 1. The molecule has 3 aromatic rings. The molecular weight excluding hydrogens is 372 g/mol. The van der Waals surface area contributed by atoms with Crippen molar-refractivity contribution >= 4 is 17.6 Å². The van der Waals surface area contributed by atoms with E-state index in [-0.39, 0.29) is 6.42 Å². The van der Waals surface area contributed by atoms with E-state index in [0.717, 1.165) is 0 Å². The first-order valence-corrected chi connectivity index (χ1v) is 9.09. The molecule has 0 saturated carbocycles. The highest BCUT2D eigenvalue weighted by Crippen LogP contribution is 2.23. The summed E-state index contributed by atoms with van der Waals surface area (Å²) in [6.45, 7) is 3.48. The fraction of sp³-hybridized carbons (Fsp3) is 0.227. The van der Waals surface area contributed by atoms with Crippen molar-refractivity contribution in [3.8, 4) is 5.75 Å². The Hall–Kier alpha value is -3.61. The number of hydrogen-bond acceptors (Lipinski definition) is 6. The van der Waals surface area contributed by atoms with Gasteiger partial charge in [0.25, 0.3) is 5.91 Å². The molecule has 0 saturated heterocycles. The number of carbonyl (C=O) groups excluding carboxylic acids is 2. The number of ether oxygens (including phenoxy) is 2. The van der Waals surface area contributed by atoms with E-state index < -0.39 is 18.0 Å². The monoisotopic (exact) mass is 394 g/mol. The highest BCUT2D eigenvalue weighted by Gasteiger charge is 2.26. The van der Waals surface area contributed by atoms with E-state index >= 15 is 0 Å². The van der Waals surface area contributed by atoms with E-state index in [1.165, 1.54) is 0 Å². The quantitative estimate of drug-likeness (QED) is 0.614. The van der Waals surface area contributed by atoms with Crippen molar-refractivity contribution < 1.29 is 23.6 Å². The lowest BCUT2D eigenvalue weighted by Crippen LogP contribution is -2.26. The van der Waals surface area contributed by atoms with Gasteiger partial charge in [0.2, 0.25) is 6.10 Å². The van der Waals surface area contributed by atoms with Crippen LogP contribution in [0.25, 0.3) is 0 Å². The minimum Gasteiger partial charge on any atom is -0.497 e. The number of benzene rings is 2. The van der Waals surface area contributed by atoms with Gasteiger partial charge in [-0.3, -0.25) is 9.59 Å². The van der Waals surface area contributed by atoms with Gasteiger partial charge in [0.05, 0.1) is 19.2 Å². The van der Waals surface area contributed by atoms with Crippen LogP contribution in [0.2, 0.25) is 0 Å². The van der Waals surface area contributed by atoms with Gasteiger partial charge in [0, 0.05) is 16.8 Å². The summed E-state index contributed by atoms with van der Waals surface area (Å²) in [4.78, 5) is 25.4. The highest BCUT2D eigenvalue weighted by molar-refractivity contribution is 5.96. The number of aryl methyl sites for hydroxylation is 2. The summed E-state index contributed by atoms with van der Waals surface area (Å²) in [6.07, 6.45) is -1.12. The normalized spacial score (nSPS) is 11.6. The predicted octanol–water partition coefficient (Wildman–Crippen LogP) is 3.77. The topological polar surface area (TPSA) is 90.7 Å². The molecule has 0 aliphatic rings. The summed E-state index contributed by atoms with van der Waals surface area (Å²) in [7, 11) is 1.57. The first-order valence-electron chi connectivity index (χ1n) is 9.09. The molecule has 7 nitrogen and oxygen atoms in total. The summed E-state index contributed by atoms with van der Waals surface area (Å²) in [5, 5.41) is 6.62. The third kappa shape index (κ3) is 5.01. The molecular formula is C22H22N2O5. The number of aromatic nitrogens is 1. The van der Waals surface area contributed by atoms with Crippen LogP contribution in [0.4, 0.5) is 5.69 Å². The van der Waals surface area contributed by atoms with Gasteiger partial charge in [-0.1, -0.05) is 35.5 Å². The second-order valence-electron chi connectivity index (χ2n) is 6.48. The van der Waals surface area contributed by atoms with Crippen molar-refractivity contribution in [3.05, 3.63) is 77.2 Å². The van der Waals surface area contributed by atoms with Crippen LogP contribution in [0, 0.1) is 13.8 Å². The maximum Gasteiger partial charge on any atom is 0.311 e. The first-order chi connectivity index (χ1) is 14.0. The SMILES string of the molecule is COc1ccc(NC(=O)C(OC(=O)Cc2c(C)noc2C)c2ccccc2)cc1. The lowest BCUT2D eigenvalue weighted by molar-refractivity contribution is -0.154. The molecule has 1 heterocycles. The Morgan fingerprint density at radius 3 is 2.34 bits per heavy atom. The molecule has 7 heteroatoms. The molecule has 1 N–H and O–H groups in total. The molecule has 150 valence electrons. The minimum absolute atomic E-state index is 0.0275. The van der Waals surface area contributed by atoms with Crippen LogP contribution in [0.1, 0.15) is 28.7 Å². The van der Waals surface area contributed by atoms with Crippen LogP contribution >= 0.6 is 0 Å². The molecule has 0 bridgehead atoms. The van der Waals surface area contributed by atoms with Gasteiger partial charge < -0.3 is 19.3 Å². The van der Waals surface area contributed by atoms with E-state index in [4.69, 9.17) is 14.0 Å². The second-order valence-corrected chi connectivity index (χ2v) is 6.48. The third-order valence-electron chi connectivity index (χ3n) is 4.45. The van der Waals surface area contributed by atoms with Gasteiger partial charge in [0.1, 0.15) is 11.5 Å². The van der Waals surface area contributed by atoms with Crippen molar-refractivity contribution in [1.82, 2.24) is 5.16 Å². The maximum atomic E-state index is 12.9. The zero-order valence-electron chi connectivity index (χ0n) is 16.5. The molecule has 0 radical (unpaired) electrons. The van der Waals surface area contributed by atoms with Crippen LogP contribution < -0.4 is 10.1 Å². The Balaban J connectivity index is 1.77. The lowest BCUT2D eigenvalue weighted by atomic mass is 10.1. The Labute approximate surface area is 168 Å². The first kappa shape index (κ1) is 20.1. The molecule has 1 unspecified atom stereocenters. The van der Waals surface area contributed by atoms with E-state index in [2.05, 4.69) is 10.5 Å². The number of nitrogens with zero attached hydrogens (tertiary/aromatic N) is 1. The van der Waals surface area contributed by atoms with E-state index in [9.17, 15) is 9.59 Å². The molecule has 1 atom stereocenters. The molecule has 0 aliphatic carbocycles. The van der Waals surface area contributed by atoms with Gasteiger partial charge in [0.15, 0.2) is 0 Å². The van der Waals surface area contributed by atoms with E-state index in [0.29, 0.717) is 34.0 Å². The van der Waals surface area contributed by atoms with Crippen molar-refractivity contribution in [3.63, 3.8) is 0 Å². The van der Waals surface area contributed by atoms with Crippen LogP contribution in [0.5, 0.6) is 5.75 Å². The maximum absolute atomic E-state index is 12.9. The van der Waals surface area contributed by atoms with Gasteiger partial charge in [-0.2, -0.15) is 0 Å².